The molecular weight excluding hydrogens is 251 g/mol. The molecule has 0 amide bonds. The molecule has 0 heterocycles. The normalized spacial score (nSPS) is 16.7. The van der Waals surface area contributed by atoms with E-state index in [1.165, 1.54) is 18.6 Å². The molecule has 94 valence electrons. The fraction of sp³-hybridized carbons (Fsp3) is 0.500. The average Bonchev–Trinajstić information content (AvgIpc) is 2.16. The van der Waals surface area contributed by atoms with Crippen LogP contribution in [0.15, 0.2) is 18.2 Å². The lowest BCUT2D eigenvalue weighted by molar-refractivity contribution is -0.136. The van der Waals surface area contributed by atoms with Crippen LogP contribution >= 0.6 is 11.6 Å². The molecule has 0 bridgehead atoms. The number of anilines is 1. The summed E-state index contributed by atoms with van der Waals surface area (Å²) in [6, 6.07) is 3.83. The third-order valence-electron chi connectivity index (χ3n) is 3.09. The summed E-state index contributed by atoms with van der Waals surface area (Å²) in [7, 11) is 0. The van der Waals surface area contributed by atoms with Gasteiger partial charge in [-0.1, -0.05) is 18.0 Å². The molecule has 1 saturated carbocycles. The Labute approximate surface area is 103 Å². The van der Waals surface area contributed by atoms with Crippen LogP contribution in [0.2, 0.25) is 5.02 Å². The van der Waals surface area contributed by atoms with Crippen molar-refractivity contribution in [3.05, 3.63) is 28.8 Å². The van der Waals surface area contributed by atoms with E-state index in [1.807, 2.05) is 0 Å². The Balaban J connectivity index is 2.13. The van der Waals surface area contributed by atoms with Gasteiger partial charge in [0, 0.05) is 17.3 Å². The molecule has 1 aliphatic carbocycles. The smallest absolute Gasteiger partial charge is 0.384 e. The molecule has 2 rings (SSSR count). The number of alkyl halides is 3. The summed E-state index contributed by atoms with van der Waals surface area (Å²) >= 11 is 5.60. The summed E-state index contributed by atoms with van der Waals surface area (Å²) in [5, 5.41) is 2.97. The lowest BCUT2D eigenvalue weighted by Crippen LogP contribution is -2.22. The molecule has 1 aromatic carbocycles. The molecular formula is C12H13ClF3N. The van der Waals surface area contributed by atoms with Crippen LogP contribution in [-0.4, -0.2) is 6.54 Å². The highest BCUT2D eigenvalue weighted by atomic mass is 35.5. The van der Waals surface area contributed by atoms with E-state index < -0.39 is 11.7 Å². The van der Waals surface area contributed by atoms with E-state index in [9.17, 15) is 13.2 Å². The van der Waals surface area contributed by atoms with Crippen molar-refractivity contribution in [2.24, 2.45) is 5.92 Å². The molecule has 0 radical (unpaired) electrons. The van der Waals surface area contributed by atoms with Gasteiger partial charge in [0.15, 0.2) is 0 Å². The first-order valence-electron chi connectivity index (χ1n) is 5.57. The summed E-state index contributed by atoms with van der Waals surface area (Å²) in [5.41, 5.74) is -0.571. The summed E-state index contributed by atoms with van der Waals surface area (Å²) in [5.74, 6) is 0.506. The van der Waals surface area contributed by atoms with Gasteiger partial charge in [-0.2, -0.15) is 13.2 Å². The Morgan fingerprint density at radius 3 is 2.53 bits per heavy atom. The molecule has 0 aliphatic heterocycles. The van der Waals surface area contributed by atoms with E-state index in [0.717, 1.165) is 18.9 Å². The number of halogens is 4. The van der Waals surface area contributed by atoms with Gasteiger partial charge < -0.3 is 5.32 Å². The zero-order chi connectivity index (χ0) is 12.5. The van der Waals surface area contributed by atoms with Crippen molar-refractivity contribution in [2.45, 2.75) is 25.4 Å². The van der Waals surface area contributed by atoms with Crippen LogP contribution in [0.3, 0.4) is 0 Å². The van der Waals surface area contributed by atoms with Gasteiger partial charge in [-0.15, -0.1) is 0 Å². The van der Waals surface area contributed by atoms with Crippen LogP contribution in [0.25, 0.3) is 0 Å². The largest absolute Gasteiger partial charge is 0.418 e. The number of nitrogens with one attached hydrogen (secondary N) is 1. The summed E-state index contributed by atoms with van der Waals surface area (Å²) < 4.78 is 38.3. The van der Waals surface area contributed by atoms with E-state index in [2.05, 4.69) is 5.32 Å². The van der Waals surface area contributed by atoms with Gasteiger partial charge in [0.05, 0.1) is 5.56 Å². The number of benzene rings is 1. The van der Waals surface area contributed by atoms with E-state index in [-0.39, 0.29) is 10.7 Å². The van der Waals surface area contributed by atoms with Crippen molar-refractivity contribution < 1.29 is 13.2 Å². The molecule has 0 saturated heterocycles. The molecule has 0 atom stereocenters. The van der Waals surface area contributed by atoms with Crippen LogP contribution in [0.4, 0.5) is 18.9 Å². The molecule has 17 heavy (non-hydrogen) atoms. The number of hydrogen-bond acceptors (Lipinski definition) is 1. The summed E-state index contributed by atoms with van der Waals surface area (Å²) in [6.45, 7) is 0.602. The average molecular weight is 264 g/mol. The second-order valence-electron chi connectivity index (χ2n) is 4.37. The molecule has 0 unspecified atom stereocenters. The van der Waals surface area contributed by atoms with E-state index in [4.69, 9.17) is 11.6 Å². The van der Waals surface area contributed by atoms with Gasteiger partial charge in [0.2, 0.25) is 0 Å². The highest BCUT2D eigenvalue weighted by molar-refractivity contribution is 6.30. The fourth-order valence-electron chi connectivity index (χ4n) is 1.86. The summed E-state index contributed by atoms with van der Waals surface area (Å²) in [4.78, 5) is 0. The topological polar surface area (TPSA) is 12.0 Å². The van der Waals surface area contributed by atoms with E-state index >= 15 is 0 Å². The maximum absolute atomic E-state index is 12.8. The van der Waals surface area contributed by atoms with Crippen LogP contribution in [-0.2, 0) is 6.18 Å². The second-order valence-corrected chi connectivity index (χ2v) is 4.80. The molecule has 1 nitrogen and oxygen atoms in total. The lowest BCUT2D eigenvalue weighted by Gasteiger charge is -2.26. The van der Waals surface area contributed by atoms with Crippen molar-refractivity contribution >= 4 is 17.3 Å². The minimum atomic E-state index is -4.37. The Kier molecular flexibility index (Phi) is 3.52. The Morgan fingerprint density at radius 1 is 1.29 bits per heavy atom. The lowest BCUT2D eigenvalue weighted by atomic mass is 9.85. The van der Waals surface area contributed by atoms with Gasteiger partial charge in [-0.05, 0) is 37.0 Å². The fourth-order valence-corrected chi connectivity index (χ4v) is 2.03. The maximum Gasteiger partial charge on any atom is 0.418 e. The second kappa shape index (κ2) is 4.77. The van der Waals surface area contributed by atoms with Crippen LogP contribution in [0.5, 0.6) is 0 Å². The first-order valence-corrected chi connectivity index (χ1v) is 5.95. The van der Waals surface area contributed by atoms with Crippen molar-refractivity contribution in [2.75, 3.05) is 11.9 Å². The third-order valence-corrected chi connectivity index (χ3v) is 3.33. The third kappa shape index (κ3) is 3.06. The molecule has 0 spiro atoms. The maximum atomic E-state index is 12.8. The summed E-state index contributed by atoms with van der Waals surface area (Å²) in [6.07, 6.45) is -0.990. The minimum Gasteiger partial charge on any atom is -0.384 e. The van der Waals surface area contributed by atoms with Crippen LogP contribution < -0.4 is 5.32 Å². The standard InChI is InChI=1S/C12H13ClF3N/c13-9-4-5-11(10(6-9)12(14,15)16)17-7-8-2-1-3-8/h4-6,8,17H,1-3,7H2. The number of hydrogen-bond donors (Lipinski definition) is 1. The SMILES string of the molecule is FC(F)(F)c1cc(Cl)ccc1NCC1CCC1. The van der Waals surface area contributed by atoms with Gasteiger partial charge in [-0.3, -0.25) is 0 Å². The molecule has 1 N–H and O–H groups in total. The first kappa shape index (κ1) is 12.6. The van der Waals surface area contributed by atoms with Crippen molar-refractivity contribution in [3.8, 4) is 0 Å². The predicted molar refractivity (Wildman–Crippen MR) is 62.3 cm³/mol. The monoisotopic (exact) mass is 263 g/mol. The van der Waals surface area contributed by atoms with E-state index in [1.54, 1.807) is 0 Å². The highest BCUT2D eigenvalue weighted by Crippen LogP contribution is 2.37. The quantitative estimate of drug-likeness (QED) is 0.842. The zero-order valence-electron chi connectivity index (χ0n) is 9.15. The molecule has 1 aromatic rings. The van der Waals surface area contributed by atoms with Crippen molar-refractivity contribution in [1.82, 2.24) is 0 Å². The van der Waals surface area contributed by atoms with E-state index in [0.29, 0.717) is 12.5 Å². The molecule has 1 fully saturated rings. The van der Waals surface area contributed by atoms with Gasteiger partial charge in [0.1, 0.15) is 0 Å². The first-order chi connectivity index (χ1) is 7.97. The van der Waals surface area contributed by atoms with Crippen LogP contribution in [0, 0.1) is 5.92 Å². The van der Waals surface area contributed by atoms with Gasteiger partial charge in [-0.25, -0.2) is 0 Å². The zero-order valence-corrected chi connectivity index (χ0v) is 9.91. The molecule has 0 aromatic heterocycles. The highest BCUT2D eigenvalue weighted by Gasteiger charge is 2.34. The minimum absolute atomic E-state index is 0.103. The Hall–Kier alpha value is -0.900. The van der Waals surface area contributed by atoms with Gasteiger partial charge in [0.25, 0.3) is 0 Å². The van der Waals surface area contributed by atoms with Crippen molar-refractivity contribution in [3.63, 3.8) is 0 Å². The van der Waals surface area contributed by atoms with Crippen molar-refractivity contribution in [1.29, 1.82) is 0 Å². The Morgan fingerprint density at radius 2 is 2.00 bits per heavy atom. The number of rotatable bonds is 3. The Bertz CT molecular complexity index is 399. The predicted octanol–water partition coefficient (Wildman–Crippen LogP) is 4.57. The van der Waals surface area contributed by atoms with Crippen LogP contribution in [0.1, 0.15) is 24.8 Å². The molecule has 5 heteroatoms. The van der Waals surface area contributed by atoms with Gasteiger partial charge >= 0.3 is 6.18 Å². The molecule has 1 aliphatic rings.